The Balaban J connectivity index is 1.82. The fourth-order valence-electron chi connectivity index (χ4n) is 3.04. The molecule has 0 aliphatic heterocycles. The van der Waals surface area contributed by atoms with Gasteiger partial charge in [0, 0.05) is 5.56 Å². The van der Waals surface area contributed by atoms with Gasteiger partial charge in [-0.2, -0.15) is 0 Å². The third-order valence-corrected chi connectivity index (χ3v) is 4.65. The van der Waals surface area contributed by atoms with Crippen LogP contribution in [0.4, 0.5) is 0 Å². The second kappa shape index (κ2) is 8.78. The zero-order valence-corrected chi connectivity index (χ0v) is 17.1. The zero-order chi connectivity index (χ0) is 20.9. The molecule has 0 saturated heterocycles. The van der Waals surface area contributed by atoms with Crippen molar-refractivity contribution in [3.8, 4) is 11.5 Å². The number of ether oxygens (including phenoxy) is 1. The molecule has 0 aromatic heterocycles. The van der Waals surface area contributed by atoms with Crippen LogP contribution >= 0.6 is 0 Å². The van der Waals surface area contributed by atoms with E-state index in [2.05, 4.69) is 26.8 Å². The number of benzene rings is 3. The molecule has 0 saturated carbocycles. The summed E-state index contributed by atoms with van der Waals surface area (Å²) in [7, 11) is 0. The molecule has 0 unspecified atom stereocenters. The Morgan fingerprint density at radius 1 is 0.966 bits per heavy atom. The minimum Gasteiger partial charge on any atom is -0.507 e. The van der Waals surface area contributed by atoms with Crippen molar-refractivity contribution >= 4 is 11.9 Å². The first kappa shape index (κ1) is 20.4. The molecule has 0 aliphatic carbocycles. The number of hydrogen-bond donors (Lipinski definition) is 1. The van der Waals surface area contributed by atoms with Crippen LogP contribution in [0.1, 0.15) is 47.8 Å². The lowest BCUT2D eigenvalue weighted by molar-refractivity contribution is 0.104. The van der Waals surface area contributed by atoms with Crippen molar-refractivity contribution in [1.29, 1.82) is 0 Å². The van der Waals surface area contributed by atoms with E-state index in [1.807, 2.05) is 42.5 Å². The first-order chi connectivity index (χ1) is 13.8. The van der Waals surface area contributed by atoms with Crippen molar-refractivity contribution in [2.75, 3.05) is 0 Å². The van der Waals surface area contributed by atoms with Crippen LogP contribution in [-0.4, -0.2) is 10.9 Å². The van der Waals surface area contributed by atoms with Crippen LogP contribution in [0.15, 0.2) is 78.9 Å². The van der Waals surface area contributed by atoms with Gasteiger partial charge in [0.25, 0.3) is 0 Å². The monoisotopic (exact) mass is 386 g/mol. The van der Waals surface area contributed by atoms with Crippen LogP contribution in [0.25, 0.3) is 6.08 Å². The average molecular weight is 386 g/mol. The Kier molecular flexibility index (Phi) is 6.18. The van der Waals surface area contributed by atoms with Gasteiger partial charge < -0.3 is 9.84 Å². The standard InChI is InChI=1S/C26H26O3/c1-26(2,3)22-17-19(13-15-24(28)21-11-7-8-12-23(21)27)14-16-25(22)29-18-20-9-5-4-6-10-20/h4-17,27H,18H2,1-3H3/b15-13+. The minimum absolute atomic E-state index is 0.0119. The molecule has 3 aromatic carbocycles. The van der Waals surface area contributed by atoms with Gasteiger partial charge in [-0.05, 0) is 46.9 Å². The van der Waals surface area contributed by atoms with Gasteiger partial charge in [0.15, 0.2) is 5.78 Å². The molecule has 3 heteroatoms. The predicted molar refractivity (Wildman–Crippen MR) is 117 cm³/mol. The Bertz CT molecular complexity index is 1010. The van der Waals surface area contributed by atoms with Gasteiger partial charge >= 0.3 is 0 Å². The smallest absolute Gasteiger partial charge is 0.189 e. The third kappa shape index (κ3) is 5.35. The number of phenolic OH excluding ortho intramolecular Hbond substituents is 1. The van der Waals surface area contributed by atoms with Crippen molar-refractivity contribution in [2.24, 2.45) is 0 Å². The fourth-order valence-corrected chi connectivity index (χ4v) is 3.04. The summed E-state index contributed by atoms with van der Waals surface area (Å²) in [5, 5.41) is 9.85. The highest BCUT2D eigenvalue weighted by atomic mass is 16.5. The van der Waals surface area contributed by atoms with Crippen LogP contribution in [0.2, 0.25) is 0 Å². The fraction of sp³-hybridized carbons (Fsp3) is 0.192. The van der Waals surface area contributed by atoms with Gasteiger partial charge in [0.2, 0.25) is 0 Å². The molecule has 0 heterocycles. The van der Waals surface area contributed by atoms with Crippen LogP contribution in [0.5, 0.6) is 11.5 Å². The number of carbonyl (C=O) groups excluding carboxylic acids is 1. The highest BCUT2D eigenvalue weighted by molar-refractivity contribution is 6.08. The highest BCUT2D eigenvalue weighted by Gasteiger charge is 2.19. The van der Waals surface area contributed by atoms with Crippen molar-refractivity contribution < 1.29 is 14.6 Å². The van der Waals surface area contributed by atoms with Crippen molar-refractivity contribution in [3.05, 3.63) is 101 Å². The number of hydrogen-bond acceptors (Lipinski definition) is 3. The number of carbonyl (C=O) groups is 1. The van der Waals surface area contributed by atoms with E-state index < -0.39 is 0 Å². The summed E-state index contributed by atoms with van der Waals surface area (Å²) in [5.41, 5.74) is 3.28. The highest BCUT2D eigenvalue weighted by Crippen LogP contribution is 2.33. The van der Waals surface area contributed by atoms with E-state index >= 15 is 0 Å². The predicted octanol–water partition coefficient (Wildman–Crippen LogP) is 6.16. The van der Waals surface area contributed by atoms with E-state index in [1.54, 1.807) is 24.3 Å². The van der Waals surface area contributed by atoms with E-state index in [1.165, 1.54) is 12.1 Å². The SMILES string of the molecule is CC(C)(C)c1cc(/C=C/C(=O)c2ccccc2O)ccc1OCc1ccccc1. The maximum Gasteiger partial charge on any atom is 0.189 e. The number of aromatic hydroxyl groups is 1. The summed E-state index contributed by atoms with van der Waals surface area (Å²) in [6, 6.07) is 22.6. The molecular formula is C26H26O3. The lowest BCUT2D eigenvalue weighted by Gasteiger charge is -2.23. The first-order valence-corrected chi connectivity index (χ1v) is 9.66. The van der Waals surface area contributed by atoms with E-state index in [0.29, 0.717) is 12.2 Å². The number of allylic oxidation sites excluding steroid dienone is 1. The summed E-state index contributed by atoms with van der Waals surface area (Å²) < 4.78 is 6.09. The number of ketones is 1. The topological polar surface area (TPSA) is 46.5 Å². The normalized spacial score (nSPS) is 11.6. The van der Waals surface area contributed by atoms with Gasteiger partial charge in [-0.3, -0.25) is 4.79 Å². The Hall–Kier alpha value is -3.33. The van der Waals surface area contributed by atoms with Crippen molar-refractivity contribution in [2.45, 2.75) is 32.8 Å². The summed E-state index contributed by atoms with van der Waals surface area (Å²) in [6.45, 7) is 6.92. The van der Waals surface area contributed by atoms with Gasteiger partial charge in [0.1, 0.15) is 18.1 Å². The third-order valence-electron chi connectivity index (χ3n) is 4.65. The zero-order valence-electron chi connectivity index (χ0n) is 17.1. The summed E-state index contributed by atoms with van der Waals surface area (Å²) >= 11 is 0. The molecule has 0 spiro atoms. The molecule has 1 N–H and O–H groups in total. The molecule has 3 nitrogen and oxygen atoms in total. The van der Waals surface area contributed by atoms with Crippen LogP contribution in [-0.2, 0) is 12.0 Å². The molecule has 0 fully saturated rings. The first-order valence-electron chi connectivity index (χ1n) is 9.66. The molecule has 3 rings (SSSR count). The lowest BCUT2D eigenvalue weighted by atomic mass is 9.85. The minimum atomic E-state index is -0.232. The lowest BCUT2D eigenvalue weighted by Crippen LogP contribution is -2.13. The van der Waals surface area contributed by atoms with Gasteiger partial charge in [-0.1, -0.05) is 75.4 Å². The van der Waals surface area contributed by atoms with E-state index in [0.717, 1.165) is 22.4 Å². The number of rotatable bonds is 6. The quantitative estimate of drug-likeness (QED) is 0.407. The molecule has 0 radical (unpaired) electrons. The molecule has 148 valence electrons. The molecule has 0 amide bonds. The number of para-hydroxylation sites is 1. The number of phenols is 1. The van der Waals surface area contributed by atoms with Crippen molar-refractivity contribution in [1.82, 2.24) is 0 Å². The molecule has 29 heavy (non-hydrogen) atoms. The Morgan fingerprint density at radius 3 is 2.34 bits per heavy atom. The second-order valence-electron chi connectivity index (χ2n) is 7.99. The maximum atomic E-state index is 12.4. The van der Waals surface area contributed by atoms with E-state index in [-0.39, 0.29) is 16.9 Å². The molecule has 0 aliphatic rings. The van der Waals surface area contributed by atoms with E-state index in [4.69, 9.17) is 4.74 Å². The summed E-state index contributed by atoms with van der Waals surface area (Å²) in [4.78, 5) is 12.4. The summed E-state index contributed by atoms with van der Waals surface area (Å²) in [6.07, 6.45) is 3.26. The van der Waals surface area contributed by atoms with Gasteiger partial charge in [-0.25, -0.2) is 0 Å². The largest absolute Gasteiger partial charge is 0.507 e. The molecular weight excluding hydrogens is 360 g/mol. The van der Waals surface area contributed by atoms with Gasteiger partial charge in [-0.15, -0.1) is 0 Å². The average Bonchev–Trinajstić information content (AvgIpc) is 2.71. The molecule has 0 bridgehead atoms. The van der Waals surface area contributed by atoms with Crippen LogP contribution < -0.4 is 4.74 Å². The van der Waals surface area contributed by atoms with Crippen LogP contribution in [0.3, 0.4) is 0 Å². The maximum absolute atomic E-state index is 12.4. The summed E-state index contributed by atoms with van der Waals surface area (Å²) in [5.74, 6) is 0.595. The Morgan fingerprint density at radius 2 is 1.66 bits per heavy atom. The second-order valence-corrected chi connectivity index (χ2v) is 7.99. The van der Waals surface area contributed by atoms with Crippen LogP contribution in [0, 0.1) is 0 Å². The van der Waals surface area contributed by atoms with E-state index in [9.17, 15) is 9.90 Å². The molecule has 3 aromatic rings. The molecule has 0 atom stereocenters. The van der Waals surface area contributed by atoms with Gasteiger partial charge in [0.05, 0.1) is 5.56 Å². The Labute approximate surface area is 172 Å². The van der Waals surface area contributed by atoms with Crippen molar-refractivity contribution in [3.63, 3.8) is 0 Å².